The molecule has 2 heterocycles. The largest absolute Gasteiger partial charge is 0.435 e. The van der Waals surface area contributed by atoms with Crippen LogP contribution in [0.1, 0.15) is 23.7 Å². The molecule has 0 saturated carbocycles. The van der Waals surface area contributed by atoms with Crippen molar-refractivity contribution in [2.75, 3.05) is 11.5 Å². The Morgan fingerprint density at radius 1 is 1.11 bits per heavy atom. The highest BCUT2D eigenvalue weighted by molar-refractivity contribution is 7.92. The number of sulfone groups is 1. The van der Waals surface area contributed by atoms with Gasteiger partial charge in [0.2, 0.25) is 0 Å². The maximum Gasteiger partial charge on any atom is 0.406 e. The van der Waals surface area contributed by atoms with Gasteiger partial charge in [-0.1, -0.05) is 13.0 Å². The molecule has 1 aromatic heterocycles. The fraction of sp³-hybridized carbons (Fsp3) is 0.364. The first-order valence-corrected chi connectivity index (χ1v) is 12.1. The van der Waals surface area contributed by atoms with Gasteiger partial charge >= 0.3 is 18.5 Å². The molecule has 0 bridgehead atoms. The first-order chi connectivity index (χ1) is 16.2. The Bertz CT molecular complexity index is 1460. The van der Waals surface area contributed by atoms with Gasteiger partial charge in [-0.3, -0.25) is 13.9 Å². The Balaban J connectivity index is 1.80. The minimum atomic E-state index is -4.77. The minimum absolute atomic E-state index is 0.00895. The molecular weight excluding hydrogens is 499 g/mol. The lowest BCUT2D eigenvalue weighted by Crippen LogP contribution is -2.47. The van der Waals surface area contributed by atoms with Crippen LogP contribution >= 0.6 is 0 Å². The summed E-state index contributed by atoms with van der Waals surface area (Å²) in [7, 11) is -3.21. The van der Waals surface area contributed by atoms with Crippen LogP contribution in [0.5, 0.6) is 5.75 Å². The van der Waals surface area contributed by atoms with E-state index in [1.54, 1.807) is 6.92 Å². The van der Waals surface area contributed by atoms with Gasteiger partial charge in [0, 0.05) is 23.5 Å². The number of carbonyl (C=O) groups excluding carboxylic acids is 1. The van der Waals surface area contributed by atoms with Gasteiger partial charge in [0.05, 0.1) is 28.2 Å². The number of ether oxygens (including phenoxy) is 1. The van der Waals surface area contributed by atoms with Crippen LogP contribution in [0.15, 0.2) is 47.3 Å². The lowest BCUT2D eigenvalue weighted by atomic mass is 9.86. The van der Waals surface area contributed by atoms with Crippen LogP contribution in [0, 0.1) is 5.41 Å². The second-order valence-corrected chi connectivity index (χ2v) is 10.9. The molecule has 2 aromatic carbocycles. The first-order valence-electron chi connectivity index (χ1n) is 10.3. The lowest BCUT2D eigenvalue weighted by molar-refractivity contribution is -0.140. The Morgan fingerprint density at radius 2 is 1.80 bits per heavy atom. The number of imidazole rings is 1. The molecule has 7 nitrogen and oxygen atoms in total. The third-order valence-corrected chi connectivity index (χ3v) is 7.89. The van der Waals surface area contributed by atoms with Gasteiger partial charge in [0.1, 0.15) is 12.3 Å². The average molecular weight is 518 g/mol. The summed E-state index contributed by atoms with van der Waals surface area (Å²) in [6, 6.07) is 8.70. The fourth-order valence-electron chi connectivity index (χ4n) is 4.42. The summed E-state index contributed by atoms with van der Waals surface area (Å²) < 4.78 is 93.8. The van der Waals surface area contributed by atoms with Crippen molar-refractivity contribution in [2.45, 2.75) is 32.7 Å². The second-order valence-electron chi connectivity index (χ2n) is 8.84. The molecule has 13 heteroatoms. The monoisotopic (exact) mass is 518 g/mol. The third-order valence-electron chi connectivity index (χ3n) is 5.61. The van der Waals surface area contributed by atoms with Crippen molar-refractivity contribution in [1.29, 1.82) is 0 Å². The second kappa shape index (κ2) is 8.47. The van der Waals surface area contributed by atoms with Gasteiger partial charge in [0.15, 0.2) is 15.6 Å². The molecular formula is C22H19F5N2O5S. The SMILES string of the molecule is CC1(CC(=O)c2ccc3c(c2)n(CC(F)(F)F)c(=O)n3-c2cccc(OC(F)F)c2)CS(=O)(=O)C1. The van der Waals surface area contributed by atoms with E-state index in [0.717, 1.165) is 16.7 Å². The zero-order valence-electron chi connectivity index (χ0n) is 18.2. The van der Waals surface area contributed by atoms with E-state index >= 15 is 0 Å². The molecule has 188 valence electrons. The van der Waals surface area contributed by atoms with Gasteiger partial charge in [-0.25, -0.2) is 13.2 Å². The molecule has 4 rings (SSSR count). The van der Waals surface area contributed by atoms with E-state index in [1.807, 2.05) is 0 Å². The number of Topliss-reactive ketones (excluding diaryl/α,β-unsaturated/α-hetero) is 1. The van der Waals surface area contributed by atoms with Crippen LogP contribution in [0.2, 0.25) is 0 Å². The van der Waals surface area contributed by atoms with Crippen LogP contribution < -0.4 is 10.4 Å². The number of carbonyl (C=O) groups is 1. The quantitative estimate of drug-likeness (QED) is 0.349. The number of benzene rings is 2. The van der Waals surface area contributed by atoms with Gasteiger partial charge in [-0.05, 0) is 30.3 Å². The molecule has 0 N–H and O–H groups in total. The van der Waals surface area contributed by atoms with E-state index < -0.39 is 46.1 Å². The summed E-state index contributed by atoms with van der Waals surface area (Å²) in [5.74, 6) is -1.10. The first kappa shape index (κ1) is 24.9. The number of alkyl halides is 5. The third kappa shape index (κ3) is 5.24. The maximum atomic E-state index is 13.3. The average Bonchev–Trinajstić information content (AvgIpc) is 2.95. The van der Waals surface area contributed by atoms with Crippen molar-refractivity contribution in [3.8, 4) is 11.4 Å². The number of nitrogens with zero attached hydrogens (tertiary/aromatic N) is 2. The normalized spacial score (nSPS) is 16.9. The zero-order chi connectivity index (χ0) is 25.8. The summed E-state index contributed by atoms with van der Waals surface area (Å²) in [5, 5.41) is 0. The molecule has 3 aromatic rings. The highest BCUT2D eigenvalue weighted by Gasteiger charge is 2.45. The number of hydrogen-bond acceptors (Lipinski definition) is 5. The molecule has 35 heavy (non-hydrogen) atoms. The molecule has 1 aliphatic heterocycles. The van der Waals surface area contributed by atoms with Crippen molar-refractivity contribution >= 4 is 26.7 Å². The smallest absolute Gasteiger partial charge is 0.406 e. The molecule has 0 radical (unpaired) electrons. The topological polar surface area (TPSA) is 87.4 Å². The highest BCUT2D eigenvalue weighted by Crippen LogP contribution is 2.37. The van der Waals surface area contributed by atoms with Gasteiger partial charge in [-0.15, -0.1) is 0 Å². The van der Waals surface area contributed by atoms with Gasteiger partial charge in [-0.2, -0.15) is 22.0 Å². The standard InChI is InChI=1S/C22H19F5N2O5S/c1-21(11-35(32,33)12-21)9-18(30)13-5-6-16-17(7-13)28(10-22(25,26)27)20(31)29(16)14-3-2-4-15(8-14)34-19(23)24/h2-8,19H,9-12H2,1H3. The summed E-state index contributed by atoms with van der Waals surface area (Å²) >= 11 is 0. The Kier molecular flexibility index (Phi) is 6.02. The van der Waals surface area contributed by atoms with Crippen molar-refractivity contribution < 1.29 is 39.9 Å². The predicted molar refractivity (Wildman–Crippen MR) is 116 cm³/mol. The van der Waals surface area contributed by atoms with E-state index in [0.29, 0.717) is 4.57 Å². The van der Waals surface area contributed by atoms with E-state index in [-0.39, 0.29) is 46.0 Å². The Hall–Kier alpha value is -3.22. The number of halogens is 5. The van der Waals surface area contributed by atoms with Crippen molar-refractivity contribution in [1.82, 2.24) is 9.13 Å². The molecule has 1 aliphatic rings. The van der Waals surface area contributed by atoms with Gasteiger partial charge < -0.3 is 4.74 Å². The summed E-state index contributed by atoms with van der Waals surface area (Å²) in [5.41, 5.74) is -2.02. The van der Waals surface area contributed by atoms with E-state index in [9.17, 15) is 40.0 Å². The predicted octanol–water partition coefficient (Wildman–Crippen LogP) is 3.96. The van der Waals surface area contributed by atoms with Crippen LogP contribution in [-0.2, 0) is 16.4 Å². The zero-order valence-corrected chi connectivity index (χ0v) is 19.0. The lowest BCUT2D eigenvalue weighted by Gasteiger charge is -2.37. The molecule has 1 fully saturated rings. The molecule has 0 atom stereocenters. The molecule has 0 amide bonds. The molecule has 0 unspecified atom stereocenters. The number of ketones is 1. The number of fused-ring (bicyclic) bond motifs is 1. The van der Waals surface area contributed by atoms with E-state index in [1.165, 1.54) is 30.3 Å². The van der Waals surface area contributed by atoms with E-state index in [4.69, 9.17) is 0 Å². The summed E-state index contributed by atoms with van der Waals surface area (Å²) in [6.07, 6.45) is -4.90. The minimum Gasteiger partial charge on any atom is -0.435 e. The van der Waals surface area contributed by atoms with Crippen LogP contribution in [0.25, 0.3) is 16.7 Å². The number of aromatic nitrogens is 2. The number of hydrogen-bond donors (Lipinski definition) is 0. The maximum absolute atomic E-state index is 13.3. The van der Waals surface area contributed by atoms with E-state index in [2.05, 4.69) is 4.74 Å². The Morgan fingerprint density at radius 3 is 2.40 bits per heavy atom. The van der Waals surface area contributed by atoms with Crippen LogP contribution in [0.4, 0.5) is 22.0 Å². The highest BCUT2D eigenvalue weighted by atomic mass is 32.2. The van der Waals surface area contributed by atoms with Crippen molar-refractivity contribution in [2.24, 2.45) is 5.41 Å². The molecule has 0 spiro atoms. The van der Waals surface area contributed by atoms with Gasteiger partial charge in [0.25, 0.3) is 0 Å². The summed E-state index contributed by atoms with van der Waals surface area (Å²) in [4.78, 5) is 25.8. The Labute approximate surface area is 195 Å². The van der Waals surface area contributed by atoms with Crippen LogP contribution in [-0.4, -0.2) is 47.6 Å². The molecule has 0 aliphatic carbocycles. The fourth-order valence-corrected chi connectivity index (χ4v) is 6.66. The number of rotatable bonds is 7. The van der Waals surface area contributed by atoms with Crippen LogP contribution in [0.3, 0.4) is 0 Å². The summed E-state index contributed by atoms with van der Waals surface area (Å²) in [6.45, 7) is -3.15. The van der Waals surface area contributed by atoms with Crippen molar-refractivity contribution in [3.63, 3.8) is 0 Å². The molecule has 1 saturated heterocycles. The van der Waals surface area contributed by atoms with Crippen molar-refractivity contribution in [3.05, 3.63) is 58.5 Å².